The molecule has 2 aromatic rings. The van der Waals surface area contributed by atoms with Crippen LogP contribution in [0.5, 0.6) is 11.5 Å². The van der Waals surface area contributed by atoms with Gasteiger partial charge in [-0.15, -0.1) is 0 Å². The van der Waals surface area contributed by atoms with E-state index < -0.39 is 17.6 Å². The molecule has 2 amide bonds. The van der Waals surface area contributed by atoms with Crippen LogP contribution in [-0.2, 0) is 9.59 Å². The molecule has 0 radical (unpaired) electrons. The Morgan fingerprint density at radius 3 is 2.67 bits per heavy atom. The van der Waals surface area contributed by atoms with Crippen LogP contribution in [-0.4, -0.2) is 31.7 Å². The number of hydrazone groups is 1. The van der Waals surface area contributed by atoms with Gasteiger partial charge in [-0.3, -0.25) is 9.59 Å². The maximum Gasteiger partial charge on any atom is 0.240 e. The van der Waals surface area contributed by atoms with Gasteiger partial charge in [-0.05, 0) is 45.8 Å². The Morgan fingerprint density at radius 2 is 1.97 bits per heavy atom. The van der Waals surface area contributed by atoms with Gasteiger partial charge in [0.05, 0.1) is 23.5 Å². The van der Waals surface area contributed by atoms with Crippen molar-refractivity contribution in [2.75, 3.05) is 19.0 Å². The summed E-state index contributed by atoms with van der Waals surface area (Å²) in [4.78, 5) is 23.7. The van der Waals surface area contributed by atoms with Crippen molar-refractivity contribution >= 4 is 39.6 Å². The average molecular weight is 478 g/mol. The molecule has 2 aromatic carbocycles. The number of carbonyl (C=O) groups is 2. The van der Waals surface area contributed by atoms with Gasteiger partial charge in [0.2, 0.25) is 11.8 Å². The molecule has 158 valence electrons. The Hall–Kier alpha value is -3.20. The van der Waals surface area contributed by atoms with Gasteiger partial charge in [0.25, 0.3) is 0 Å². The molecule has 0 heterocycles. The summed E-state index contributed by atoms with van der Waals surface area (Å²) in [5.74, 6) is -0.444. The molecule has 0 aliphatic heterocycles. The van der Waals surface area contributed by atoms with Crippen molar-refractivity contribution in [1.82, 2.24) is 5.43 Å². The van der Waals surface area contributed by atoms with Crippen molar-refractivity contribution < 1.29 is 23.5 Å². The van der Waals surface area contributed by atoms with E-state index in [1.165, 1.54) is 31.5 Å². The molecule has 7 nitrogen and oxygen atoms in total. The van der Waals surface area contributed by atoms with Gasteiger partial charge >= 0.3 is 0 Å². The van der Waals surface area contributed by atoms with Crippen LogP contribution in [0.2, 0.25) is 0 Å². The minimum absolute atomic E-state index is 0.0703. The van der Waals surface area contributed by atoms with Gasteiger partial charge in [-0.25, -0.2) is 9.82 Å². The number of anilines is 1. The van der Waals surface area contributed by atoms with E-state index >= 15 is 0 Å². The number of hydrogen-bond acceptors (Lipinski definition) is 5. The third-order valence-electron chi connectivity index (χ3n) is 3.73. The predicted octanol–water partition coefficient (Wildman–Crippen LogP) is 4.03. The normalized spacial score (nSPS) is 10.5. The zero-order valence-corrected chi connectivity index (χ0v) is 17.9. The third kappa shape index (κ3) is 7.00. The molecular formula is C21H21BrFN3O4. The van der Waals surface area contributed by atoms with Crippen LogP contribution in [0.3, 0.4) is 0 Å². The number of rotatable bonds is 10. The van der Waals surface area contributed by atoms with E-state index in [9.17, 15) is 14.0 Å². The number of methoxy groups -OCH3 is 1. The fraction of sp³-hybridized carbons (Fsp3) is 0.190. The average Bonchev–Trinajstić information content (AvgIpc) is 2.73. The number of ether oxygens (including phenoxy) is 2. The number of hydrogen-bond donors (Lipinski definition) is 2. The lowest BCUT2D eigenvalue weighted by molar-refractivity contribution is -0.124. The van der Waals surface area contributed by atoms with E-state index in [1.807, 2.05) is 0 Å². The number of benzene rings is 2. The molecule has 9 heteroatoms. The van der Waals surface area contributed by atoms with Crippen LogP contribution in [0.4, 0.5) is 10.1 Å². The summed E-state index contributed by atoms with van der Waals surface area (Å²) < 4.78 is 25.0. The SMILES string of the molecule is C=CCOc1c(Br)cc(C=NNC(=O)CCC(=O)Nc2ccccc2F)cc1OC. The van der Waals surface area contributed by atoms with Crippen LogP contribution in [0.15, 0.2) is 58.6 Å². The van der Waals surface area contributed by atoms with Crippen molar-refractivity contribution in [3.05, 3.63) is 64.9 Å². The zero-order chi connectivity index (χ0) is 21.9. The maximum absolute atomic E-state index is 13.5. The predicted molar refractivity (Wildman–Crippen MR) is 116 cm³/mol. The topological polar surface area (TPSA) is 89.0 Å². The summed E-state index contributed by atoms with van der Waals surface area (Å²) >= 11 is 3.40. The second kappa shape index (κ2) is 11.7. The fourth-order valence-corrected chi connectivity index (χ4v) is 2.91. The zero-order valence-electron chi connectivity index (χ0n) is 16.3. The molecule has 0 aliphatic carbocycles. The molecule has 0 saturated carbocycles. The van der Waals surface area contributed by atoms with Crippen LogP contribution < -0.4 is 20.2 Å². The van der Waals surface area contributed by atoms with Gasteiger partial charge < -0.3 is 14.8 Å². The first kappa shape index (κ1) is 23.1. The van der Waals surface area contributed by atoms with Crippen molar-refractivity contribution in [2.24, 2.45) is 5.10 Å². The van der Waals surface area contributed by atoms with Crippen LogP contribution in [0, 0.1) is 5.82 Å². The standard InChI is InChI=1S/C21H21BrFN3O4/c1-3-10-30-21-15(22)11-14(12-18(21)29-2)13-24-26-20(28)9-8-19(27)25-17-7-5-4-6-16(17)23/h3-7,11-13H,1,8-10H2,2H3,(H,25,27)(H,26,28). The maximum atomic E-state index is 13.5. The number of para-hydroxylation sites is 1. The highest BCUT2D eigenvalue weighted by Crippen LogP contribution is 2.36. The third-order valence-corrected chi connectivity index (χ3v) is 4.32. The summed E-state index contributed by atoms with van der Waals surface area (Å²) in [6.45, 7) is 3.92. The Morgan fingerprint density at radius 1 is 1.23 bits per heavy atom. The quantitative estimate of drug-likeness (QED) is 0.307. The highest BCUT2D eigenvalue weighted by atomic mass is 79.9. The number of amides is 2. The van der Waals surface area contributed by atoms with Gasteiger partial charge in [-0.1, -0.05) is 24.8 Å². The van der Waals surface area contributed by atoms with Crippen molar-refractivity contribution in [2.45, 2.75) is 12.8 Å². The van der Waals surface area contributed by atoms with E-state index in [2.05, 4.69) is 38.4 Å². The Bertz CT molecular complexity index is 950. The summed E-state index contributed by atoms with van der Waals surface area (Å²) in [5.41, 5.74) is 3.07. The molecule has 0 saturated heterocycles. The molecule has 30 heavy (non-hydrogen) atoms. The lowest BCUT2D eigenvalue weighted by atomic mass is 10.2. The fourth-order valence-electron chi connectivity index (χ4n) is 2.33. The minimum atomic E-state index is -0.539. The highest BCUT2D eigenvalue weighted by molar-refractivity contribution is 9.10. The van der Waals surface area contributed by atoms with E-state index in [-0.39, 0.29) is 18.5 Å². The van der Waals surface area contributed by atoms with Crippen molar-refractivity contribution in [1.29, 1.82) is 0 Å². The number of nitrogens with one attached hydrogen (secondary N) is 2. The van der Waals surface area contributed by atoms with Crippen LogP contribution >= 0.6 is 15.9 Å². The van der Waals surface area contributed by atoms with Gasteiger partial charge in [0.1, 0.15) is 12.4 Å². The van der Waals surface area contributed by atoms with E-state index in [0.29, 0.717) is 28.1 Å². The first-order chi connectivity index (χ1) is 14.4. The largest absolute Gasteiger partial charge is 0.493 e. The summed E-state index contributed by atoms with van der Waals surface area (Å²) in [7, 11) is 1.51. The Kier molecular flexibility index (Phi) is 9.02. The second-order valence-corrected chi connectivity index (χ2v) is 6.81. The molecule has 0 aromatic heterocycles. The van der Waals surface area contributed by atoms with E-state index in [0.717, 1.165) is 0 Å². The Balaban J connectivity index is 1.86. The molecule has 0 atom stereocenters. The number of nitrogens with zero attached hydrogens (tertiary/aromatic N) is 1. The number of carbonyl (C=O) groups excluding carboxylic acids is 2. The Labute approximate surface area is 182 Å². The van der Waals surface area contributed by atoms with E-state index in [1.54, 1.807) is 24.3 Å². The highest BCUT2D eigenvalue weighted by Gasteiger charge is 2.11. The molecule has 0 spiro atoms. The summed E-state index contributed by atoms with van der Waals surface area (Å²) in [6, 6.07) is 9.25. The van der Waals surface area contributed by atoms with Crippen molar-refractivity contribution in [3.8, 4) is 11.5 Å². The van der Waals surface area contributed by atoms with Crippen LogP contribution in [0.25, 0.3) is 0 Å². The molecule has 0 aliphatic rings. The monoisotopic (exact) mass is 477 g/mol. The van der Waals surface area contributed by atoms with E-state index in [4.69, 9.17) is 9.47 Å². The van der Waals surface area contributed by atoms with Gasteiger partial charge in [-0.2, -0.15) is 5.10 Å². The minimum Gasteiger partial charge on any atom is -0.493 e. The number of halogens is 2. The molecular weight excluding hydrogens is 457 g/mol. The molecule has 0 fully saturated rings. The molecule has 2 N–H and O–H groups in total. The lowest BCUT2D eigenvalue weighted by Crippen LogP contribution is -2.21. The first-order valence-electron chi connectivity index (χ1n) is 8.92. The first-order valence-corrected chi connectivity index (χ1v) is 9.71. The molecule has 2 rings (SSSR count). The summed E-state index contributed by atoms with van der Waals surface area (Å²) in [5, 5.41) is 6.29. The van der Waals surface area contributed by atoms with Crippen molar-refractivity contribution in [3.63, 3.8) is 0 Å². The molecule has 0 bridgehead atoms. The lowest BCUT2D eigenvalue weighted by Gasteiger charge is -2.12. The second-order valence-electron chi connectivity index (χ2n) is 5.95. The summed E-state index contributed by atoms with van der Waals surface area (Å²) in [6.07, 6.45) is 2.85. The van der Waals surface area contributed by atoms with Gasteiger partial charge in [0.15, 0.2) is 11.5 Å². The van der Waals surface area contributed by atoms with Crippen LogP contribution in [0.1, 0.15) is 18.4 Å². The molecule has 0 unspecified atom stereocenters. The smallest absolute Gasteiger partial charge is 0.240 e. The van der Waals surface area contributed by atoms with Gasteiger partial charge in [0, 0.05) is 12.8 Å².